The summed E-state index contributed by atoms with van der Waals surface area (Å²) in [6, 6.07) is 16.3. The summed E-state index contributed by atoms with van der Waals surface area (Å²) in [5.74, 6) is 0.389. The lowest BCUT2D eigenvalue weighted by Gasteiger charge is -2.25. The average molecular weight is 421 g/mol. The number of fused-ring (bicyclic) bond motifs is 1. The molecule has 0 bridgehead atoms. The summed E-state index contributed by atoms with van der Waals surface area (Å²) in [6.45, 7) is 0.952. The molecule has 1 aliphatic carbocycles. The van der Waals surface area contributed by atoms with E-state index in [-0.39, 0.29) is 6.09 Å². The topological polar surface area (TPSA) is 38.3 Å². The summed E-state index contributed by atoms with van der Waals surface area (Å²) in [4.78, 5) is 11.9. The van der Waals surface area contributed by atoms with Crippen molar-refractivity contribution in [3.05, 3.63) is 68.8 Å². The highest BCUT2D eigenvalue weighted by Gasteiger charge is 2.21. The largest absolute Gasteiger partial charge is 0.445 e. The molecule has 0 aliphatic heterocycles. The van der Waals surface area contributed by atoms with Gasteiger partial charge in [-0.15, -0.1) is 0 Å². The Morgan fingerprint density at radius 3 is 2.87 bits per heavy atom. The number of hydrogen-bond acceptors (Lipinski definition) is 2. The quantitative estimate of drug-likeness (QED) is 0.731. The van der Waals surface area contributed by atoms with E-state index in [0.717, 1.165) is 18.4 Å². The molecule has 1 atom stereocenters. The SMILES string of the molecule is O=C(NC[C@@H]1CCCc2cc(I)ccc21)OCc1ccccc1. The van der Waals surface area contributed by atoms with E-state index in [1.54, 1.807) is 0 Å². The number of alkyl carbamates (subject to hydrolysis) is 1. The summed E-state index contributed by atoms with van der Waals surface area (Å²) in [5, 5.41) is 2.92. The van der Waals surface area contributed by atoms with Gasteiger partial charge in [-0.2, -0.15) is 0 Å². The lowest BCUT2D eigenvalue weighted by Crippen LogP contribution is -2.30. The van der Waals surface area contributed by atoms with Crippen molar-refractivity contribution in [1.29, 1.82) is 0 Å². The van der Waals surface area contributed by atoms with Gasteiger partial charge in [0.15, 0.2) is 0 Å². The monoisotopic (exact) mass is 421 g/mol. The molecule has 1 amide bonds. The maximum absolute atomic E-state index is 11.9. The summed E-state index contributed by atoms with van der Waals surface area (Å²) >= 11 is 2.35. The number of carbonyl (C=O) groups excluding carboxylic acids is 1. The van der Waals surface area contributed by atoms with Gasteiger partial charge < -0.3 is 10.1 Å². The number of aryl methyl sites for hydroxylation is 1. The highest BCUT2D eigenvalue weighted by atomic mass is 127. The molecule has 0 aromatic heterocycles. The van der Waals surface area contributed by atoms with Crippen LogP contribution in [0.5, 0.6) is 0 Å². The smallest absolute Gasteiger partial charge is 0.407 e. The Morgan fingerprint density at radius 1 is 1.22 bits per heavy atom. The normalized spacial score (nSPS) is 16.5. The Kier molecular flexibility index (Phi) is 5.54. The molecule has 0 unspecified atom stereocenters. The molecule has 0 heterocycles. The number of amides is 1. The average Bonchev–Trinajstić information content (AvgIpc) is 2.58. The Balaban J connectivity index is 1.52. The summed E-state index contributed by atoms with van der Waals surface area (Å²) in [5.41, 5.74) is 3.80. The number of carbonyl (C=O) groups is 1. The molecule has 3 nitrogen and oxygen atoms in total. The van der Waals surface area contributed by atoms with Gasteiger partial charge >= 0.3 is 6.09 Å². The first-order chi connectivity index (χ1) is 11.2. The summed E-state index contributed by atoms with van der Waals surface area (Å²) in [7, 11) is 0. The van der Waals surface area contributed by atoms with E-state index in [9.17, 15) is 4.79 Å². The minimum atomic E-state index is -0.341. The second kappa shape index (κ2) is 7.81. The van der Waals surface area contributed by atoms with Gasteiger partial charge in [-0.1, -0.05) is 36.4 Å². The van der Waals surface area contributed by atoms with Gasteiger partial charge in [-0.05, 0) is 70.7 Å². The number of rotatable bonds is 4. The van der Waals surface area contributed by atoms with Crippen molar-refractivity contribution < 1.29 is 9.53 Å². The lowest BCUT2D eigenvalue weighted by atomic mass is 9.83. The predicted molar refractivity (Wildman–Crippen MR) is 99.5 cm³/mol. The van der Waals surface area contributed by atoms with Gasteiger partial charge in [0.05, 0.1) is 0 Å². The third kappa shape index (κ3) is 4.47. The lowest BCUT2D eigenvalue weighted by molar-refractivity contribution is 0.139. The Labute approximate surface area is 150 Å². The molecule has 0 fully saturated rings. The van der Waals surface area contributed by atoms with Gasteiger partial charge in [0.2, 0.25) is 0 Å². The Hall–Kier alpha value is -1.56. The van der Waals surface area contributed by atoms with Crippen LogP contribution in [-0.4, -0.2) is 12.6 Å². The first-order valence-electron chi connectivity index (χ1n) is 7.95. The number of ether oxygens (including phenoxy) is 1. The van der Waals surface area contributed by atoms with Gasteiger partial charge in [-0.3, -0.25) is 0 Å². The van der Waals surface area contributed by atoms with E-state index in [4.69, 9.17) is 4.74 Å². The van der Waals surface area contributed by atoms with Gasteiger partial charge in [0.25, 0.3) is 0 Å². The Bertz CT molecular complexity index is 672. The number of nitrogens with one attached hydrogen (secondary N) is 1. The molecule has 2 aromatic rings. The highest BCUT2D eigenvalue weighted by Crippen LogP contribution is 2.32. The van der Waals surface area contributed by atoms with Crippen LogP contribution in [0.1, 0.15) is 35.4 Å². The van der Waals surface area contributed by atoms with Crippen molar-refractivity contribution in [2.75, 3.05) is 6.54 Å². The van der Waals surface area contributed by atoms with Crippen LogP contribution in [0.2, 0.25) is 0 Å². The number of halogens is 1. The van der Waals surface area contributed by atoms with Gasteiger partial charge in [0, 0.05) is 16.0 Å². The van der Waals surface area contributed by atoms with E-state index in [0.29, 0.717) is 19.1 Å². The van der Waals surface area contributed by atoms with Gasteiger partial charge in [-0.25, -0.2) is 4.79 Å². The van der Waals surface area contributed by atoms with E-state index in [1.807, 2.05) is 30.3 Å². The fraction of sp³-hybridized carbons (Fsp3) is 0.316. The zero-order valence-electron chi connectivity index (χ0n) is 12.9. The van der Waals surface area contributed by atoms with Crippen molar-refractivity contribution in [3.63, 3.8) is 0 Å². The molecule has 1 aliphatic rings. The summed E-state index contributed by atoms with van der Waals surface area (Å²) in [6.07, 6.45) is 3.10. The van der Waals surface area contributed by atoms with Crippen LogP contribution in [0.3, 0.4) is 0 Å². The van der Waals surface area contributed by atoms with E-state index in [2.05, 4.69) is 46.1 Å². The highest BCUT2D eigenvalue weighted by molar-refractivity contribution is 14.1. The Morgan fingerprint density at radius 2 is 2.04 bits per heavy atom. The zero-order chi connectivity index (χ0) is 16.1. The predicted octanol–water partition coefficient (Wildman–Crippen LogP) is 4.64. The van der Waals surface area contributed by atoms with Crippen molar-refractivity contribution in [1.82, 2.24) is 5.32 Å². The molecular weight excluding hydrogens is 401 g/mol. The van der Waals surface area contributed by atoms with Crippen LogP contribution < -0.4 is 5.32 Å². The third-order valence-corrected chi connectivity index (χ3v) is 4.92. The van der Waals surface area contributed by atoms with Crippen molar-refractivity contribution in [2.24, 2.45) is 0 Å². The zero-order valence-corrected chi connectivity index (χ0v) is 15.1. The molecule has 120 valence electrons. The second-order valence-corrected chi connectivity index (χ2v) is 7.12. The number of benzene rings is 2. The van der Waals surface area contributed by atoms with E-state index in [1.165, 1.54) is 21.1 Å². The minimum absolute atomic E-state index is 0.312. The number of hydrogen-bond donors (Lipinski definition) is 1. The van der Waals surface area contributed by atoms with Crippen LogP contribution >= 0.6 is 22.6 Å². The molecule has 0 radical (unpaired) electrons. The molecule has 0 saturated carbocycles. The maximum atomic E-state index is 11.9. The standard InChI is InChI=1S/C19H20INO2/c20-17-9-10-18-15(11-17)7-4-8-16(18)12-21-19(22)23-13-14-5-2-1-3-6-14/h1-3,5-6,9-11,16H,4,7-8,12-13H2,(H,21,22)/t16-/m0/s1. The molecule has 2 aromatic carbocycles. The van der Waals surface area contributed by atoms with Crippen molar-refractivity contribution in [3.8, 4) is 0 Å². The second-order valence-electron chi connectivity index (χ2n) is 5.87. The molecule has 4 heteroatoms. The molecule has 0 saturated heterocycles. The first-order valence-corrected chi connectivity index (χ1v) is 9.03. The van der Waals surface area contributed by atoms with Crippen LogP contribution in [0.25, 0.3) is 0 Å². The molecule has 0 spiro atoms. The van der Waals surface area contributed by atoms with Crippen LogP contribution in [0.4, 0.5) is 4.79 Å². The van der Waals surface area contributed by atoms with Crippen LogP contribution in [0, 0.1) is 3.57 Å². The van der Waals surface area contributed by atoms with Crippen molar-refractivity contribution in [2.45, 2.75) is 31.8 Å². The van der Waals surface area contributed by atoms with E-state index >= 15 is 0 Å². The minimum Gasteiger partial charge on any atom is -0.445 e. The van der Waals surface area contributed by atoms with Crippen LogP contribution in [0.15, 0.2) is 48.5 Å². The van der Waals surface area contributed by atoms with E-state index < -0.39 is 0 Å². The molecular formula is C19H20INO2. The molecule has 3 rings (SSSR count). The summed E-state index contributed by atoms with van der Waals surface area (Å²) < 4.78 is 6.55. The van der Waals surface area contributed by atoms with Gasteiger partial charge in [0.1, 0.15) is 6.61 Å². The third-order valence-electron chi connectivity index (χ3n) is 4.25. The maximum Gasteiger partial charge on any atom is 0.407 e. The van der Waals surface area contributed by atoms with Crippen LogP contribution in [-0.2, 0) is 17.8 Å². The molecule has 1 N–H and O–H groups in total. The van der Waals surface area contributed by atoms with Crippen molar-refractivity contribution >= 4 is 28.7 Å². The molecule has 23 heavy (non-hydrogen) atoms. The first kappa shape index (κ1) is 16.3. The fourth-order valence-corrected chi connectivity index (χ4v) is 3.63. The fourth-order valence-electron chi connectivity index (χ4n) is 3.08.